The number of hydrogen-bond donors (Lipinski definition) is 1. The largest absolute Gasteiger partial charge is 0.452 e. The van der Waals surface area contributed by atoms with E-state index in [1.54, 1.807) is 18.2 Å². The summed E-state index contributed by atoms with van der Waals surface area (Å²) in [4.78, 5) is 10.8. The zero-order chi connectivity index (χ0) is 10.8. The number of rotatable bonds is 2. The zero-order valence-corrected chi connectivity index (χ0v) is 9.35. The highest BCUT2D eigenvalue weighted by Crippen LogP contribution is 2.24. The maximum Gasteiger partial charge on any atom is 0.331 e. The molecule has 0 saturated heterocycles. The number of cyclic esters (lactones) is 1. The van der Waals surface area contributed by atoms with Crippen LogP contribution in [0.25, 0.3) is 0 Å². The number of esters is 1. The average Bonchev–Trinajstić information content (AvgIpc) is 2.65. The molecule has 2 unspecified atom stereocenters. The molecule has 0 radical (unpaired) electrons. The molecule has 1 aliphatic heterocycles. The van der Waals surface area contributed by atoms with Crippen LogP contribution in [-0.2, 0) is 9.53 Å². The lowest BCUT2D eigenvalue weighted by Gasteiger charge is -2.16. The lowest BCUT2D eigenvalue weighted by atomic mass is 10.1. The summed E-state index contributed by atoms with van der Waals surface area (Å²) in [6, 6.07) is 7.24. The van der Waals surface area contributed by atoms with Crippen LogP contribution in [0.1, 0.15) is 11.7 Å². The van der Waals surface area contributed by atoms with E-state index < -0.39 is 18.2 Å². The predicted octanol–water partition coefficient (Wildman–Crippen LogP) is 1.96. The van der Waals surface area contributed by atoms with Crippen LogP contribution in [0.15, 0.2) is 40.9 Å². The lowest BCUT2D eigenvalue weighted by Crippen LogP contribution is -2.18. The van der Waals surface area contributed by atoms with Gasteiger partial charge in [0.15, 0.2) is 6.10 Å². The summed E-state index contributed by atoms with van der Waals surface area (Å²) in [7, 11) is 0. The normalized spacial score (nSPS) is 21.5. The summed E-state index contributed by atoms with van der Waals surface area (Å²) in [6.45, 7) is 0. The molecule has 1 aromatic carbocycles. The number of aliphatic hydroxyl groups is 1. The number of carbonyl (C=O) groups excluding carboxylic acids is 1. The van der Waals surface area contributed by atoms with E-state index in [9.17, 15) is 9.90 Å². The van der Waals surface area contributed by atoms with E-state index in [0.717, 1.165) is 10.0 Å². The van der Waals surface area contributed by atoms with Gasteiger partial charge >= 0.3 is 5.97 Å². The number of benzene rings is 1. The van der Waals surface area contributed by atoms with Crippen LogP contribution in [0.3, 0.4) is 0 Å². The fraction of sp³-hybridized carbons (Fsp3) is 0.182. The van der Waals surface area contributed by atoms with E-state index in [0.29, 0.717) is 0 Å². The predicted molar refractivity (Wildman–Crippen MR) is 58.1 cm³/mol. The third-order valence-corrected chi connectivity index (χ3v) is 2.73. The third kappa shape index (κ3) is 2.27. The van der Waals surface area contributed by atoms with E-state index in [-0.39, 0.29) is 0 Å². The zero-order valence-electron chi connectivity index (χ0n) is 7.76. The monoisotopic (exact) mass is 268 g/mol. The Morgan fingerprint density at radius 2 is 2.00 bits per heavy atom. The van der Waals surface area contributed by atoms with Gasteiger partial charge in [-0.05, 0) is 23.8 Å². The first-order valence-electron chi connectivity index (χ1n) is 4.49. The van der Waals surface area contributed by atoms with E-state index in [2.05, 4.69) is 15.9 Å². The fourth-order valence-corrected chi connectivity index (χ4v) is 1.67. The summed E-state index contributed by atoms with van der Waals surface area (Å²) >= 11 is 3.31. The van der Waals surface area contributed by atoms with Gasteiger partial charge < -0.3 is 9.84 Å². The van der Waals surface area contributed by atoms with Gasteiger partial charge in [0.1, 0.15) is 6.10 Å². The van der Waals surface area contributed by atoms with Gasteiger partial charge in [-0.1, -0.05) is 28.1 Å². The molecule has 0 amide bonds. The Kier molecular flexibility index (Phi) is 2.88. The van der Waals surface area contributed by atoms with Crippen LogP contribution in [-0.4, -0.2) is 17.2 Å². The highest BCUT2D eigenvalue weighted by Gasteiger charge is 2.25. The molecule has 0 aromatic heterocycles. The minimum atomic E-state index is -0.805. The second kappa shape index (κ2) is 4.16. The average molecular weight is 269 g/mol. The van der Waals surface area contributed by atoms with Crippen LogP contribution < -0.4 is 0 Å². The second-order valence-corrected chi connectivity index (χ2v) is 4.17. The third-order valence-electron chi connectivity index (χ3n) is 2.20. The maximum absolute atomic E-state index is 10.8. The molecule has 0 saturated carbocycles. The van der Waals surface area contributed by atoms with Crippen LogP contribution >= 0.6 is 15.9 Å². The van der Waals surface area contributed by atoms with Crippen molar-refractivity contribution < 1.29 is 14.6 Å². The molecule has 2 rings (SSSR count). The van der Waals surface area contributed by atoms with Gasteiger partial charge in [-0.3, -0.25) is 0 Å². The Morgan fingerprint density at radius 1 is 1.33 bits per heavy atom. The second-order valence-electron chi connectivity index (χ2n) is 3.26. The molecule has 78 valence electrons. The number of ether oxygens (including phenoxy) is 1. The Bertz CT molecular complexity index is 397. The Labute approximate surface area is 95.5 Å². The van der Waals surface area contributed by atoms with Gasteiger partial charge in [-0.25, -0.2) is 4.79 Å². The van der Waals surface area contributed by atoms with Crippen molar-refractivity contribution in [1.82, 2.24) is 0 Å². The van der Waals surface area contributed by atoms with E-state index >= 15 is 0 Å². The fourth-order valence-electron chi connectivity index (χ4n) is 1.41. The highest BCUT2D eigenvalue weighted by atomic mass is 79.9. The highest BCUT2D eigenvalue weighted by molar-refractivity contribution is 9.10. The maximum atomic E-state index is 10.8. The van der Waals surface area contributed by atoms with Crippen molar-refractivity contribution in [2.24, 2.45) is 0 Å². The van der Waals surface area contributed by atoms with Gasteiger partial charge in [-0.15, -0.1) is 0 Å². The van der Waals surface area contributed by atoms with Crippen molar-refractivity contribution in [3.63, 3.8) is 0 Å². The molecular weight excluding hydrogens is 260 g/mol. The number of hydrogen-bond acceptors (Lipinski definition) is 3. The van der Waals surface area contributed by atoms with Crippen LogP contribution in [0, 0.1) is 0 Å². The van der Waals surface area contributed by atoms with Gasteiger partial charge in [0, 0.05) is 10.5 Å². The topological polar surface area (TPSA) is 46.5 Å². The van der Waals surface area contributed by atoms with Gasteiger partial charge in [0.05, 0.1) is 0 Å². The number of carbonyl (C=O) groups is 1. The molecule has 1 N–H and O–H groups in total. The molecule has 1 aromatic rings. The standard InChI is InChI=1S/C11H9BrO3/c12-8-3-1-7(2-4-8)11(14)9-5-6-10(13)15-9/h1-6,9,11,14H. The Morgan fingerprint density at radius 3 is 2.53 bits per heavy atom. The molecule has 1 heterocycles. The van der Waals surface area contributed by atoms with Crippen molar-refractivity contribution >= 4 is 21.9 Å². The van der Waals surface area contributed by atoms with Crippen LogP contribution in [0.5, 0.6) is 0 Å². The van der Waals surface area contributed by atoms with Crippen molar-refractivity contribution in [2.75, 3.05) is 0 Å². The number of halogens is 1. The minimum absolute atomic E-state index is 0.406. The smallest absolute Gasteiger partial charge is 0.331 e. The number of aliphatic hydroxyl groups excluding tert-OH is 1. The molecule has 15 heavy (non-hydrogen) atoms. The SMILES string of the molecule is O=C1C=CC(C(O)c2ccc(Br)cc2)O1. The van der Waals surface area contributed by atoms with E-state index in [4.69, 9.17) is 4.74 Å². The molecule has 1 aliphatic rings. The van der Waals surface area contributed by atoms with Crippen molar-refractivity contribution in [1.29, 1.82) is 0 Å². The Hall–Kier alpha value is -1.13. The summed E-state index contributed by atoms with van der Waals surface area (Å²) < 4.78 is 5.84. The molecule has 0 aliphatic carbocycles. The van der Waals surface area contributed by atoms with Crippen LogP contribution in [0.2, 0.25) is 0 Å². The van der Waals surface area contributed by atoms with Crippen molar-refractivity contribution in [3.8, 4) is 0 Å². The first-order chi connectivity index (χ1) is 7.16. The minimum Gasteiger partial charge on any atom is -0.452 e. The van der Waals surface area contributed by atoms with E-state index in [1.807, 2.05) is 12.1 Å². The molecular formula is C11H9BrO3. The summed E-state index contributed by atoms with van der Waals surface area (Å²) in [6.07, 6.45) is 1.52. The quantitative estimate of drug-likeness (QED) is 0.835. The van der Waals surface area contributed by atoms with Gasteiger partial charge in [0.25, 0.3) is 0 Å². The molecule has 0 fully saturated rings. The summed E-state index contributed by atoms with van der Waals surface area (Å²) in [5.74, 6) is -0.406. The van der Waals surface area contributed by atoms with Crippen LogP contribution in [0.4, 0.5) is 0 Å². The first-order valence-corrected chi connectivity index (χ1v) is 5.28. The summed E-state index contributed by atoms with van der Waals surface area (Å²) in [5, 5.41) is 9.89. The van der Waals surface area contributed by atoms with Gasteiger partial charge in [0.2, 0.25) is 0 Å². The molecule has 3 nitrogen and oxygen atoms in total. The van der Waals surface area contributed by atoms with Gasteiger partial charge in [-0.2, -0.15) is 0 Å². The van der Waals surface area contributed by atoms with E-state index in [1.165, 1.54) is 6.08 Å². The molecule has 4 heteroatoms. The molecule has 2 atom stereocenters. The molecule has 0 bridgehead atoms. The lowest BCUT2D eigenvalue weighted by molar-refractivity contribution is -0.142. The van der Waals surface area contributed by atoms with Crippen molar-refractivity contribution in [2.45, 2.75) is 12.2 Å². The molecule has 0 spiro atoms. The first kappa shape index (κ1) is 10.4. The van der Waals surface area contributed by atoms with Crippen molar-refractivity contribution in [3.05, 3.63) is 46.5 Å². The Balaban J connectivity index is 2.14. The summed E-state index contributed by atoms with van der Waals surface area (Å²) in [5.41, 5.74) is 0.725.